The minimum Gasteiger partial charge on any atom is -0.494 e. The first-order chi connectivity index (χ1) is 14.0. The van der Waals surface area contributed by atoms with Gasteiger partial charge in [0.15, 0.2) is 0 Å². The molecule has 0 aliphatic rings. The number of hydrogen-bond donors (Lipinski definition) is 2. The molecule has 0 fully saturated rings. The van der Waals surface area contributed by atoms with Crippen molar-refractivity contribution >= 4 is 12.9 Å². The van der Waals surface area contributed by atoms with Gasteiger partial charge >= 0.3 is 7.60 Å². The van der Waals surface area contributed by atoms with Crippen molar-refractivity contribution < 1.29 is 23.8 Å². The Morgan fingerprint density at radius 2 is 1.52 bits per heavy atom. The molecule has 2 aromatic carbocycles. The van der Waals surface area contributed by atoms with Crippen LogP contribution >= 0.6 is 7.60 Å². The molecule has 6 heteroatoms. The van der Waals surface area contributed by atoms with E-state index in [0.29, 0.717) is 6.61 Å². The molecule has 0 bridgehead atoms. The average molecular weight is 420 g/mol. The Morgan fingerprint density at radius 1 is 0.828 bits per heavy atom. The Hall–Kier alpha value is -1.81. The van der Waals surface area contributed by atoms with Crippen LogP contribution < -0.4 is 14.8 Å². The van der Waals surface area contributed by atoms with E-state index in [2.05, 4.69) is 6.92 Å². The largest absolute Gasteiger partial charge is 0.494 e. The fourth-order valence-electron chi connectivity index (χ4n) is 3.13. The zero-order chi connectivity index (χ0) is 21.0. The highest BCUT2D eigenvalue weighted by Crippen LogP contribution is 2.37. The summed E-state index contributed by atoms with van der Waals surface area (Å²) in [5, 5.41) is -0.0953. The van der Waals surface area contributed by atoms with Crippen LogP contribution in [0.4, 0.5) is 0 Å². The predicted molar refractivity (Wildman–Crippen MR) is 117 cm³/mol. The molecule has 0 atom stereocenters. The van der Waals surface area contributed by atoms with Crippen molar-refractivity contribution in [3.05, 3.63) is 54.1 Å². The van der Waals surface area contributed by atoms with E-state index in [9.17, 15) is 14.4 Å². The van der Waals surface area contributed by atoms with Gasteiger partial charge in [-0.25, -0.2) is 0 Å². The standard InChI is InChI=1S/C23H33O5P/c1-2-3-4-5-6-7-8-11-17-27-21-14-12-13-20(18-21)19-28-22-15-9-10-16-23(22)29(24,25)26/h9-10,12-16,18H,2-8,11,17,19H2,1H3,(H2,24,25,26). The van der Waals surface area contributed by atoms with Crippen LogP contribution in [-0.2, 0) is 11.2 Å². The number of para-hydroxylation sites is 1. The molecule has 29 heavy (non-hydrogen) atoms. The Labute approximate surface area is 174 Å². The summed E-state index contributed by atoms with van der Waals surface area (Å²) in [7, 11) is -4.37. The van der Waals surface area contributed by atoms with Crippen LogP contribution in [0.3, 0.4) is 0 Å². The van der Waals surface area contributed by atoms with Gasteiger partial charge in [0, 0.05) is 0 Å². The van der Waals surface area contributed by atoms with Gasteiger partial charge in [-0.3, -0.25) is 4.57 Å². The molecule has 0 amide bonds. The van der Waals surface area contributed by atoms with Crippen LogP contribution in [0.25, 0.3) is 0 Å². The first kappa shape index (κ1) is 23.5. The fraction of sp³-hybridized carbons (Fsp3) is 0.478. The molecule has 160 valence electrons. The molecule has 0 aliphatic heterocycles. The van der Waals surface area contributed by atoms with E-state index in [1.54, 1.807) is 18.2 Å². The summed E-state index contributed by atoms with van der Waals surface area (Å²) in [6.45, 7) is 3.14. The lowest BCUT2D eigenvalue weighted by Crippen LogP contribution is -2.09. The normalized spacial score (nSPS) is 11.4. The van der Waals surface area contributed by atoms with E-state index >= 15 is 0 Å². The zero-order valence-corrected chi connectivity index (χ0v) is 18.2. The van der Waals surface area contributed by atoms with Crippen molar-refractivity contribution in [1.82, 2.24) is 0 Å². The average Bonchev–Trinajstić information content (AvgIpc) is 2.71. The monoisotopic (exact) mass is 420 g/mol. The molecule has 2 N–H and O–H groups in total. The second kappa shape index (κ2) is 12.7. The quantitative estimate of drug-likeness (QED) is 0.308. The molecule has 2 aromatic rings. The van der Waals surface area contributed by atoms with Crippen LogP contribution in [0.2, 0.25) is 0 Å². The highest BCUT2D eigenvalue weighted by molar-refractivity contribution is 7.60. The number of unbranched alkanes of at least 4 members (excludes halogenated alkanes) is 7. The highest BCUT2D eigenvalue weighted by atomic mass is 31.2. The van der Waals surface area contributed by atoms with E-state index in [4.69, 9.17) is 9.47 Å². The van der Waals surface area contributed by atoms with Gasteiger partial charge in [0.05, 0.1) is 6.61 Å². The van der Waals surface area contributed by atoms with Gasteiger partial charge in [0.25, 0.3) is 0 Å². The Balaban J connectivity index is 1.74. The van der Waals surface area contributed by atoms with Crippen LogP contribution in [0.5, 0.6) is 11.5 Å². The van der Waals surface area contributed by atoms with Gasteiger partial charge in [-0.15, -0.1) is 0 Å². The third kappa shape index (κ3) is 9.03. The van der Waals surface area contributed by atoms with Crippen molar-refractivity contribution in [3.8, 4) is 11.5 Å². The van der Waals surface area contributed by atoms with Crippen molar-refractivity contribution in [3.63, 3.8) is 0 Å². The van der Waals surface area contributed by atoms with Gasteiger partial charge in [-0.2, -0.15) is 0 Å². The van der Waals surface area contributed by atoms with Crippen molar-refractivity contribution in [2.75, 3.05) is 6.61 Å². The van der Waals surface area contributed by atoms with E-state index in [1.165, 1.54) is 51.0 Å². The molecular formula is C23H33O5P. The summed E-state index contributed by atoms with van der Waals surface area (Å²) in [6.07, 6.45) is 10.1. The minimum absolute atomic E-state index is 0.0953. The molecule has 0 saturated carbocycles. The summed E-state index contributed by atoms with van der Waals surface area (Å²) >= 11 is 0. The van der Waals surface area contributed by atoms with Crippen molar-refractivity contribution in [2.24, 2.45) is 0 Å². The zero-order valence-electron chi connectivity index (χ0n) is 17.3. The first-order valence-corrected chi connectivity index (χ1v) is 12.1. The summed E-state index contributed by atoms with van der Waals surface area (Å²) < 4.78 is 23.1. The second-order valence-electron chi connectivity index (χ2n) is 7.27. The molecule has 0 heterocycles. The maximum absolute atomic E-state index is 11.6. The third-order valence-electron chi connectivity index (χ3n) is 4.74. The predicted octanol–water partition coefficient (Wildman–Crippen LogP) is 5.59. The topological polar surface area (TPSA) is 76.0 Å². The van der Waals surface area contributed by atoms with Gasteiger partial charge in [-0.1, -0.05) is 76.1 Å². The molecule has 0 saturated heterocycles. The lowest BCUT2D eigenvalue weighted by molar-refractivity contribution is 0.295. The Bertz CT molecular complexity index is 771. The smallest absolute Gasteiger partial charge is 0.359 e. The van der Waals surface area contributed by atoms with Crippen molar-refractivity contribution in [1.29, 1.82) is 0 Å². The van der Waals surface area contributed by atoms with Crippen LogP contribution in [0, 0.1) is 0 Å². The maximum atomic E-state index is 11.6. The molecule has 5 nitrogen and oxygen atoms in total. The van der Waals surface area contributed by atoms with E-state index in [1.807, 2.05) is 24.3 Å². The first-order valence-electron chi connectivity index (χ1n) is 10.5. The number of hydrogen-bond acceptors (Lipinski definition) is 3. The molecule has 0 aromatic heterocycles. The Kier molecular flexibility index (Phi) is 10.3. The third-order valence-corrected chi connectivity index (χ3v) is 5.74. The molecular weight excluding hydrogens is 387 g/mol. The Morgan fingerprint density at radius 3 is 2.24 bits per heavy atom. The molecule has 0 radical (unpaired) electrons. The maximum Gasteiger partial charge on any atom is 0.359 e. The molecule has 0 aliphatic carbocycles. The van der Waals surface area contributed by atoms with Gasteiger partial charge in [0.2, 0.25) is 0 Å². The highest BCUT2D eigenvalue weighted by Gasteiger charge is 2.22. The lowest BCUT2D eigenvalue weighted by atomic mass is 10.1. The van der Waals surface area contributed by atoms with E-state index in [-0.39, 0.29) is 17.7 Å². The van der Waals surface area contributed by atoms with Gasteiger partial charge in [0.1, 0.15) is 23.4 Å². The molecule has 2 rings (SSSR count). The summed E-state index contributed by atoms with van der Waals surface area (Å²) in [6, 6.07) is 13.9. The van der Waals surface area contributed by atoms with Crippen LogP contribution in [0.15, 0.2) is 48.5 Å². The van der Waals surface area contributed by atoms with Crippen LogP contribution in [0.1, 0.15) is 63.9 Å². The second-order valence-corrected chi connectivity index (χ2v) is 8.84. The van der Waals surface area contributed by atoms with E-state index < -0.39 is 7.60 Å². The minimum atomic E-state index is -4.37. The van der Waals surface area contributed by atoms with Gasteiger partial charge in [-0.05, 0) is 36.2 Å². The van der Waals surface area contributed by atoms with E-state index in [0.717, 1.165) is 17.7 Å². The lowest BCUT2D eigenvalue weighted by Gasteiger charge is -2.13. The number of rotatable bonds is 14. The number of ether oxygens (including phenoxy) is 2. The molecule has 0 unspecified atom stereocenters. The molecule has 0 spiro atoms. The summed E-state index contributed by atoms with van der Waals surface area (Å²) in [5.41, 5.74) is 0.888. The summed E-state index contributed by atoms with van der Waals surface area (Å²) in [5.74, 6) is 0.989. The summed E-state index contributed by atoms with van der Waals surface area (Å²) in [4.78, 5) is 18.9. The van der Waals surface area contributed by atoms with Crippen molar-refractivity contribution in [2.45, 2.75) is 64.9 Å². The fourth-order valence-corrected chi connectivity index (χ4v) is 3.84. The van der Waals surface area contributed by atoms with Crippen LogP contribution in [-0.4, -0.2) is 16.4 Å². The number of benzene rings is 2. The van der Waals surface area contributed by atoms with Gasteiger partial charge < -0.3 is 19.3 Å². The SMILES string of the molecule is CCCCCCCCCCOc1cccc(COc2ccccc2P(=O)(O)O)c1.